The first-order chi connectivity index (χ1) is 13.2. The third-order valence-electron chi connectivity index (χ3n) is 3.96. The average molecular weight is 429 g/mol. The van der Waals surface area contributed by atoms with Crippen LogP contribution in [0, 0.1) is 4.91 Å². The van der Waals surface area contributed by atoms with E-state index in [0.717, 1.165) is 12.5 Å². The Hall–Kier alpha value is -2.46. The number of amides is 1. The van der Waals surface area contributed by atoms with Crippen LogP contribution in [-0.4, -0.2) is 30.7 Å². The molecule has 0 saturated carbocycles. The van der Waals surface area contributed by atoms with E-state index in [4.69, 9.17) is 15.4 Å². The molecule has 9 nitrogen and oxygen atoms in total. The van der Waals surface area contributed by atoms with Crippen molar-refractivity contribution in [3.8, 4) is 5.75 Å². The third-order valence-corrected chi connectivity index (χ3v) is 5.31. The van der Waals surface area contributed by atoms with E-state index in [-0.39, 0.29) is 29.4 Å². The van der Waals surface area contributed by atoms with Crippen LogP contribution in [-0.2, 0) is 29.1 Å². The van der Waals surface area contributed by atoms with Crippen LogP contribution >= 0.6 is 10.7 Å². The number of anilines is 1. The zero-order valence-corrected chi connectivity index (χ0v) is 17.3. The van der Waals surface area contributed by atoms with Crippen LogP contribution in [0.25, 0.3) is 0 Å². The van der Waals surface area contributed by atoms with Crippen LogP contribution in [0.2, 0.25) is 0 Å². The largest absolute Gasteiger partial charge is 0.493 e. The van der Waals surface area contributed by atoms with Crippen molar-refractivity contribution < 1.29 is 17.9 Å². The highest BCUT2D eigenvalue weighted by Gasteiger charge is 2.22. The Morgan fingerprint density at radius 2 is 2.07 bits per heavy atom. The van der Waals surface area contributed by atoms with Gasteiger partial charge in [-0.2, -0.15) is 10.0 Å². The molecular weight excluding hydrogens is 408 g/mol. The van der Waals surface area contributed by atoms with Gasteiger partial charge in [-0.15, -0.1) is 0 Å². The molecule has 1 N–H and O–H groups in total. The van der Waals surface area contributed by atoms with Gasteiger partial charge in [-0.25, -0.2) is 8.42 Å². The van der Waals surface area contributed by atoms with Crippen molar-refractivity contribution in [1.82, 2.24) is 9.78 Å². The maximum Gasteiger partial charge on any atom is 0.261 e. The molecule has 1 amide bonds. The highest BCUT2D eigenvalue weighted by molar-refractivity contribution is 8.13. The van der Waals surface area contributed by atoms with Gasteiger partial charge in [0.15, 0.2) is 0 Å². The zero-order valence-electron chi connectivity index (χ0n) is 15.7. The molecule has 0 aliphatic heterocycles. The van der Waals surface area contributed by atoms with Gasteiger partial charge in [0.25, 0.3) is 15.0 Å². The van der Waals surface area contributed by atoms with Crippen molar-refractivity contribution in [3.63, 3.8) is 0 Å². The second kappa shape index (κ2) is 9.16. The topological polar surface area (TPSA) is 120 Å². The van der Waals surface area contributed by atoms with E-state index >= 15 is 0 Å². The molecule has 11 heteroatoms. The Morgan fingerprint density at radius 1 is 1.36 bits per heavy atom. The fraction of sp³-hybridized carbons (Fsp3) is 0.412. The van der Waals surface area contributed by atoms with Gasteiger partial charge in [0, 0.05) is 17.7 Å². The SMILES string of the molecule is CCCc1nn(C)c(CN=O)c1NC(=O)c1cc(S(=O)(=O)Cl)ccc1OCC. The Labute approximate surface area is 167 Å². The first-order valence-corrected chi connectivity index (χ1v) is 10.9. The third kappa shape index (κ3) is 4.87. The van der Waals surface area contributed by atoms with Gasteiger partial charge in [0.1, 0.15) is 12.3 Å². The van der Waals surface area contributed by atoms with Crippen LogP contribution < -0.4 is 10.1 Å². The number of rotatable bonds is 9. The minimum atomic E-state index is -4.03. The number of aromatic nitrogens is 2. The number of hydrogen-bond donors (Lipinski definition) is 1. The van der Waals surface area contributed by atoms with E-state index in [1.807, 2.05) is 6.92 Å². The summed E-state index contributed by atoms with van der Waals surface area (Å²) in [5.74, 6) is -0.400. The molecule has 2 rings (SSSR count). The number of nitrogens with one attached hydrogen (secondary N) is 1. The summed E-state index contributed by atoms with van der Waals surface area (Å²) in [6.45, 7) is 3.81. The first-order valence-electron chi connectivity index (χ1n) is 8.59. The van der Waals surface area contributed by atoms with Gasteiger partial charge in [-0.3, -0.25) is 9.48 Å². The highest BCUT2D eigenvalue weighted by Crippen LogP contribution is 2.28. The van der Waals surface area contributed by atoms with Gasteiger partial charge in [0.2, 0.25) is 0 Å². The fourth-order valence-corrected chi connectivity index (χ4v) is 3.50. The molecule has 1 aromatic carbocycles. The van der Waals surface area contributed by atoms with Gasteiger partial charge in [-0.05, 0) is 31.5 Å². The number of hydrogen-bond acceptors (Lipinski definition) is 7. The molecular formula is C17H21ClN4O5S. The molecule has 1 heterocycles. The lowest BCUT2D eigenvalue weighted by Gasteiger charge is -2.12. The van der Waals surface area contributed by atoms with Gasteiger partial charge >= 0.3 is 0 Å². The summed E-state index contributed by atoms with van der Waals surface area (Å²) in [4.78, 5) is 23.5. The van der Waals surface area contributed by atoms with Crippen LogP contribution in [0.3, 0.4) is 0 Å². The number of benzene rings is 1. The van der Waals surface area contributed by atoms with Crippen molar-refractivity contribution in [2.45, 2.75) is 38.1 Å². The van der Waals surface area contributed by atoms with Crippen molar-refractivity contribution in [1.29, 1.82) is 0 Å². The maximum atomic E-state index is 12.9. The molecule has 0 saturated heterocycles. The van der Waals surface area contributed by atoms with Crippen LogP contribution in [0.5, 0.6) is 5.75 Å². The predicted molar refractivity (Wildman–Crippen MR) is 105 cm³/mol. The summed E-state index contributed by atoms with van der Waals surface area (Å²) in [5.41, 5.74) is 1.44. The Balaban J connectivity index is 2.51. The van der Waals surface area contributed by atoms with Crippen molar-refractivity contribution >= 4 is 31.3 Å². The average Bonchev–Trinajstić information content (AvgIpc) is 2.90. The molecule has 0 spiro atoms. The molecule has 0 bridgehead atoms. The number of aryl methyl sites for hydroxylation is 2. The number of nitrogens with zero attached hydrogens (tertiary/aromatic N) is 3. The van der Waals surface area contributed by atoms with E-state index in [2.05, 4.69) is 15.6 Å². The zero-order chi connectivity index (χ0) is 20.9. The molecule has 28 heavy (non-hydrogen) atoms. The summed E-state index contributed by atoms with van der Waals surface area (Å²) in [7, 11) is 3.03. The Bertz CT molecular complexity index is 988. The summed E-state index contributed by atoms with van der Waals surface area (Å²) in [5, 5.41) is 9.95. The molecule has 152 valence electrons. The first kappa shape index (κ1) is 21.8. The van der Waals surface area contributed by atoms with Crippen LogP contribution in [0.4, 0.5) is 5.69 Å². The van der Waals surface area contributed by atoms with Gasteiger partial charge < -0.3 is 10.1 Å². The van der Waals surface area contributed by atoms with E-state index in [1.54, 1.807) is 14.0 Å². The summed E-state index contributed by atoms with van der Waals surface area (Å²) < 4.78 is 30.2. The number of ether oxygens (including phenoxy) is 1. The van der Waals surface area contributed by atoms with E-state index < -0.39 is 15.0 Å². The second-order valence-corrected chi connectivity index (χ2v) is 8.48. The Kier molecular flexibility index (Phi) is 7.14. The van der Waals surface area contributed by atoms with E-state index in [1.165, 1.54) is 16.8 Å². The quantitative estimate of drug-likeness (QED) is 0.483. The van der Waals surface area contributed by atoms with Crippen molar-refractivity contribution in [2.24, 2.45) is 12.2 Å². The number of halogens is 1. The van der Waals surface area contributed by atoms with Crippen molar-refractivity contribution in [3.05, 3.63) is 40.1 Å². The minimum absolute atomic E-state index is 0.000103. The monoisotopic (exact) mass is 428 g/mol. The Morgan fingerprint density at radius 3 is 2.64 bits per heavy atom. The lowest BCUT2D eigenvalue weighted by molar-refractivity contribution is 0.102. The summed E-state index contributed by atoms with van der Waals surface area (Å²) in [6.07, 6.45) is 1.36. The normalized spacial score (nSPS) is 11.3. The standard InChI is InChI=1S/C17H21ClN4O5S/c1-4-6-13-16(14(10-19-24)22(3)21-13)20-17(23)12-9-11(28(18,25)26)7-8-15(12)27-5-2/h7-9H,4-6,10H2,1-3H3,(H,20,23). The van der Waals surface area contributed by atoms with E-state index in [9.17, 15) is 18.1 Å². The van der Waals surface area contributed by atoms with Crippen molar-refractivity contribution in [2.75, 3.05) is 11.9 Å². The smallest absolute Gasteiger partial charge is 0.261 e. The number of carbonyl (C=O) groups is 1. The molecule has 0 unspecified atom stereocenters. The van der Waals surface area contributed by atoms with E-state index in [0.29, 0.717) is 23.5 Å². The highest BCUT2D eigenvalue weighted by atomic mass is 35.7. The molecule has 0 fully saturated rings. The minimum Gasteiger partial charge on any atom is -0.493 e. The molecule has 0 radical (unpaired) electrons. The fourth-order valence-electron chi connectivity index (χ4n) is 2.72. The van der Waals surface area contributed by atoms with Gasteiger partial charge in [-0.1, -0.05) is 18.5 Å². The molecule has 2 aromatic rings. The number of carbonyl (C=O) groups excluding carboxylic acids is 1. The summed E-state index contributed by atoms with van der Waals surface area (Å²) >= 11 is 0. The lowest BCUT2D eigenvalue weighted by atomic mass is 10.1. The predicted octanol–water partition coefficient (Wildman–Crippen LogP) is 3.22. The van der Waals surface area contributed by atoms with Gasteiger partial charge in [0.05, 0.1) is 34.1 Å². The molecule has 0 atom stereocenters. The maximum absolute atomic E-state index is 12.9. The summed E-state index contributed by atoms with van der Waals surface area (Å²) in [6, 6.07) is 3.78. The number of nitroso groups, excluding NO2 is 1. The second-order valence-electron chi connectivity index (χ2n) is 5.91. The lowest BCUT2D eigenvalue weighted by Crippen LogP contribution is -2.16. The van der Waals surface area contributed by atoms with Crippen LogP contribution in [0.15, 0.2) is 28.3 Å². The molecule has 0 aliphatic carbocycles. The van der Waals surface area contributed by atoms with Crippen LogP contribution in [0.1, 0.15) is 42.0 Å². The molecule has 1 aromatic heterocycles. The molecule has 0 aliphatic rings.